The lowest BCUT2D eigenvalue weighted by Gasteiger charge is -2.26. The van der Waals surface area contributed by atoms with Gasteiger partial charge in [-0.1, -0.05) is 42.5 Å². The molecule has 0 radical (unpaired) electrons. The molecule has 0 unspecified atom stereocenters. The Labute approximate surface area is 215 Å². The third-order valence-corrected chi connectivity index (χ3v) is 6.31. The van der Waals surface area contributed by atoms with Crippen LogP contribution in [0, 0.1) is 6.92 Å². The number of fused-ring (bicyclic) bond motifs is 1. The summed E-state index contributed by atoms with van der Waals surface area (Å²) >= 11 is 0. The molecule has 3 amide bonds. The van der Waals surface area contributed by atoms with Crippen LogP contribution in [0.5, 0.6) is 5.75 Å². The first-order valence-corrected chi connectivity index (χ1v) is 12.4. The Bertz CT molecular complexity index is 1420. The first kappa shape index (κ1) is 24.4. The molecule has 1 saturated heterocycles. The average Bonchev–Trinajstić information content (AvgIpc) is 3.30. The summed E-state index contributed by atoms with van der Waals surface area (Å²) < 4.78 is 11.1. The van der Waals surface area contributed by atoms with Crippen LogP contribution >= 0.6 is 0 Å². The van der Waals surface area contributed by atoms with Gasteiger partial charge in [0, 0.05) is 24.0 Å². The van der Waals surface area contributed by atoms with Gasteiger partial charge in [-0.25, -0.2) is 4.79 Å². The number of aryl methyl sites for hydroxylation is 1. The summed E-state index contributed by atoms with van der Waals surface area (Å²) in [5.74, 6) is 0.510. The highest BCUT2D eigenvalue weighted by Gasteiger charge is 2.26. The first-order chi connectivity index (χ1) is 18.0. The standard InChI is InChI=1S/C29H30N4O4/c1-3-37-24-12-8-7-11-22(24)30-29(35)31-23-18-19(2)17-21-25(20-9-5-4-6-10-20)27(32-26(21)23)28(34)33-13-15-36-16-14-33/h4-12,17-18,32H,3,13-16H2,1-2H3,(H2,30,31,35). The number of nitrogens with one attached hydrogen (secondary N) is 3. The van der Waals surface area contributed by atoms with E-state index < -0.39 is 6.03 Å². The Morgan fingerprint density at radius 3 is 2.43 bits per heavy atom. The third kappa shape index (κ3) is 5.15. The van der Waals surface area contributed by atoms with E-state index in [0.29, 0.717) is 61.2 Å². The first-order valence-electron chi connectivity index (χ1n) is 12.4. The summed E-state index contributed by atoms with van der Waals surface area (Å²) in [4.78, 5) is 31.9. The molecule has 5 rings (SSSR count). The highest BCUT2D eigenvalue weighted by Crippen LogP contribution is 2.37. The van der Waals surface area contributed by atoms with Gasteiger partial charge >= 0.3 is 6.03 Å². The van der Waals surface area contributed by atoms with Gasteiger partial charge in [-0.2, -0.15) is 0 Å². The number of para-hydroxylation sites is 2. The second-order valence-electron chi connectivity index (χ2n) is 8.89. The fourth-order valence-electron chi connectivity index (χ4n) is 4.66. The number of rotatable bonds is 6. The Kier molecular flexibility index (Phi) is 7.09. The van der Waals surface area contributed by atoms with Crippen LogP contribution in [0.25, 0.3) is 22.0 Å². The van der Waals surface area contributed by atoms with Gasteiger partial charge in [-0.15, -0.1) is 0 Å². The van der Waals surface area contributed by atoms with Crippen LogP contribution in [0.4, 0.5) is 16.2 Å². The van der Waals surface area contributed by atoms with Crippen LogP contribution in [0.1, 0.15) is 23.0 Å². The fourth-order valence-corrected chi connectivity index (χ4v) is 4.66. The van der Waals surface area contributed by atoms with Crippen molar-refractivity contribution < 1.29 is 19.1 Å². The highest BCUT2D eigenvalue weighted by molar-refractivity contribution is 6.14. The monoisotopic (exact) mass is 498 g/mol. The number of aromatic amines is 1. The number of aromatic nitrogens is 1. The molecule has 0 atom stereocenters. The molecule has 37 heavy (non-hydrogen) atoms. The number of urea groups is 1. The highest BCUT2D eigenvalue weighted by atomic mass is 16.5. The summed E-state index contributed by atoms with van der Waals surface area (Å²) in [6.45, 7) is 6.46. The number of hydrogen-bond donors (Lipinski definition) is 3. The number of amides is 3. The Morgan fingerprint density at radius 2 is 1.68 bits per heavy atom. The van der Waals surface area contributed by atoms with Crippen LogP contribution in [0.3, 0.4) is 0 Å². The molecule has 0 saturated carbocycles. The number of benzene rings is 3. The molecule has 0 aliphatic carbocycles. The van der Waals surface area contributed by atoms with E-state index in [1.54, 1.807) is 11.0 Å². The second kappa shape index (κ2) is 10.8. The zero-order valence-electron chi connectivity index (χ0n) is 21.0. The summed E-state index contributed by atoms with van der Waals surface area (Å²) in [5, 5.41) is 6.72. The Morgan fingerprint density at radius 1 is 0.973 bits per heavy atom. The van der Waals surface area contributed by atoms with Crippen molar-refractivity contribution >= 4 is 34.2 Å². The van der Waals surface area contributed by atoms with E-state index in [-0.39, 0.29) is 5.91 Å². The predicted octanol–water partition coefficient (Wildman–Crippen LogP) is 5.66. The van der Waals surface area contributed by atoms with Crippen molar-refractivity contribution in [1.82, 2.24) is 9.88 Å². The minimum absolute atomic E-state index is 0.0861. The Hall–Kier alpha value is -4.30. The summed E-state index contributed by atoms with van der Waals surface area (Å²) in [6, 6.07) is 20.7. The molecule has 3 N–H and O–H groups in total. The number of carbonyl (C=O) groups is 2. The zero-order valence-corrected chi connectivity index (χ0v) is 21.0. The number of nitrogens with zero attached hydrogens (tertiary/aromatic N) is 1. The van der Waals surface area contributed by atoms with Crippen molar-refractivity contribution in [1.29, 1.82) is 0 Å². The smallest absolute Gasteiger partial charge is 0.323 e. The maximum absolute atomic E-state index is 13.6. The SMILES string of the molecule is CCOc1ccccc1NC(=O)Nc1cc(C)cc2c(-c3ccccc3)c(C(=O)N3CCOCC3)[nH]c12. The van der Waals surface area contributed by atoms with Crippen molar-refractivity contribution in [3.63, 3.8) is 0 Å². The minimum Gasteiger partial charge on any atom is -0.492 e. The predicted molar refractivity (Wildman–Crippen MR) is 145 cm³/mol. The lowest BCUT2D eigenvalue weighted by molar-refractivity contribution is 0.0300. The van der Waals surface area contributed by atoms with Crippen molar-refractivity contribution in [3.8, 4) is 16.9 Å². The topological polar surface area (TPSA) is 95.7 Å². The van der Waals surface area contributed by atoms with E-state index in [4.69, 9.17) is 9.47 Å². The molecule has 190 valence electrons. The summed E-state index contributed by atoms with van der Waals surface area (Å²) in [5.41, 5.74) is 5.05. The number of carbonyl (C=O) groups excluding carboxylic acids is 2. The van der Waals surface area contributed by atoms with E-state index in [0.717, 1.165) is 22.1 Å². The summed E-state index contributed by atoms with van der Waals surface area (Å²) in [6.07, 6.45) is 0. The maximum Gasteiger partial charge on any atom is 0.323 e. The number of morpholine rings is 1. The van der Waals surface area contributed by atoms with Gasteiger partial charge in [0.15, 0.2) is 0 Å². The molecule has 8 heteroatoms. The van der Waals surface area contributed by atoms with Gasteiger partial charge in [0.25, 0.3) is 5.91 Å². The van der Waals surface area contributed by atoms with Gasteiger partial charge in [0.1, 0.15) is 11.4 Å². The van der Waals surface area contributed by atoms with Crippen molar-refractivity contribution in [2.75, 3.05) is 43.5 Å². The number of H-pyrrole nitrogens is 1. The van der Waals surface area contributed by atoms with E-state index in [1.165, 1.54) is 0 Å². The van der Waals surface area contributed by atoms with Crippen molar-refractivity contribution in [2.24, 2.45) is 0 Å². The maximum atomic E-state index is 13.6. The molecule has 2 heterocycles. The molecular weight excluding hydrogens is 468 g/mol. The number of anilines is 2. The largest absolute Gasteiger partial charge is 0.492 e. The molecule has 1 fully saturated rings. The molecule has 4 aromatic rings. The Balaban J connectivity index is 1.55. The third-order valence-electron chi connectivity index (χ3n) is 6.31. The minimum atomic E-state index is -0.407. The van der Waals surface area contributed by atoms with Crippen molar-refractivity contribution in [3.05, 3.63) is 78.0 Å². The lowest BCUT2D eigenvalue weighted by Crippen LogP contribution is -2.41. The van der Waals surface area contributed by atoms with Gasteiger partial charge < -0.3 is 30.0 Å². The fraction of sp³-hybridized carbons (Fsp3) is 0.241. The van der Waals surface area contributed by atoms with Gasteiger partial charge in [-0.3, -0.25) is 4.79 Å². The summed E-state index contributed by atoms with van der Waals surface area (Å²) in [7, 11) is 0. The second-order valence-corrected chi connectivity index (χ2v) is 8.89. The molecule has 8 nitrogen and oxygen atoms in total. The van der Waals surface area contributed by atoms with Crippen LogP contribution < -0.4 is 15.4 Å². The lowest BCUT2D eigenvalue weighted by atomic mass is 9.99. The molecule has 0 spiro atoms. The van der Waals surface area contributed by atoms with Crippen LogP contribution in [0.15, 0.2) is 66.7 Å². The molecule has 1 aliphatic rings. The average molecular weight is 499 g/mol. The normalized spacial score (nSPS) is 13.4. The molecule has 0 bridgehead atoms. The van der Waals surface area contributed by atoms with Gasteiger partial charge in [0.05, 0.1) is 36.7 Å². The van der Waals surface area contributed by atoms with Gasteiger partial charge in [0.2, 0.25) is 0 Å². The van der Waals surface area contributed by atoms with Crippen LogP contribution in [-0.2, 0) is 4.74 Å². The molecular formula is C29H30N4O4. The molecule has 1 aromatic heterocycles. The van der Waals surface area contributed by atoms with Gasteiger partial charge in [-0.05, 0) is 49.2 Å². The zero-order chi connectivity index (χ0) is 25.8. The molecule has 1 aliphatic heterocycles. The molecule has 3 aromatic carbocycles. The number of ether oxygens (including phenoxy) is 2. The van der Waals surface area contributed by atoms with E-state index in [1.807, 2.05) is 74.5 Å². The van der Waals surface area contributed by atoms with E-state index >= 15 is 0 Å². The van der Waals surface area contributed by atoms with Crippen LogP contribution in [0.2, 0.25) is 0 Å². The quantitative estimate of drug-likeness (QED) is 0.320. The van der Waals surface area contributed by atoms with E-state index in [2.05, 4.69) is 15.6 Å². The number of hydrogen-bond acceptors (Lipinski definition) is 4. The van der Waals surface area contributed by atoms with Crippen LogP contribution in [-0.4, -0.2) is 54.7 Å². The van der Waals surface area contributed by atoms with E-state index in [9.17, 15) is 9.59 Å². The van der Waals surface area contributed by atoms with Crippen molar-refractivity contribution in [2.45, 2.75) is 13.8 Å².